The highest BCUT2D eigenvalue weighted by atomic mass is 35.5. The first-order valence-electron chi connectivity index (χ1n) is 5.97. The van der Waals surface area contributed by atoms with Crippen LogP contribution in [0.4, 0.5) is 0 Å². The molecule has 0 aliphatic rings. The summed E-state index contributed by atoms with van der Waals surface area (Å²) in [4.78, 5) is 23.0. The summed E-state index contributed by atoms with van der Waals surface area (Å²) >= 11 is 11.9. The maximum Gasteiger partial charge on any atom is 0.326 e. The van der Waals surface area contributed by atoms with E-state index in [2.05, 4.69) is 5.32 Å². The number of methoxy groups -OCH3 is 1. The van der Waals surface area contributed by atoms with Crippen LogP contribution >= 0.6 is 23.2 Å². The summed E-state index contributed by atoms with van der Waals surface area (Å²) in [5.74, 6) is -1.35. The molecule has 0 saturated carbocycles. The number of rotatable bonds is 6. The van der Waals surface area contributed by atoms with Crippen molar-refractivity contribution in [3.8, 4) is 5.75 Å². The average Bonchev–Trinajstić information content (AvgIpc) is 2.37. The number of halogens is 2. The van der Waals surface area contributed by atoms with Crippen LogP contribution in [0.3, 0.4) is 0 Å². The van der Waals surface area contributed by atoms with E-state index in [9.17, 15) is 9.59 Å². The standard InChI is InChI=1S/C13H15Cl2NO4/c1-3-4-10(13(18)19)16-12(17)7-5-8(14)11(20-2)9(15)6-7/h5-6,10H,3-4H2,1-2H3,(H,16,17)(H,18,19). The van der Waals surface area contributed by atoms with E-state index in [1.807, 2.05) is 6.92 Å². The molecule has 0 fully saturated rings. The van der Waals surface area contributed by atoms with Gasteiger partial charge in [0.1, 0.15) is 6.04 Å². The smallest absolute Gasteiger partial charge is 0.326 e. The number of carboxylic acid groups (broad SMARTS) is 1. The Morgan fingerprint density at radius 3 is 2.30 bits per heavy atom. The third kappa shape index (κ3) is 4.02. The Morgan fingerprint density at radius 1 is 1.35 bits per heavy atom. The molecule has 110 valence electrons. The van der Waals surface area contributed by atoms with E-state index in [1.54, 1.807) is 0 Å². The monoisotopic (exact) mass is 319 g/mol. The quantitative estimate of drug-likeness (QED) is 0.845. The van der Waals surface area contributed by atoms with Crippen molar-refractivity contribution in [2.45, 2.75) is 25.8 Å². The first kappa shape index (κ1) is 16.6. The number of ether oxygens (including phenoxy) is 1. The van der Waals surface area contributed by atoms with Gasteiger partial charge in [-0.25, -0.2) is 4.79 Å². The second kappa shape index (κ2) is 7.36. The normalized spacial score (nSPS) is 11.8. The minimum absolute atomic E-state index is 0.183. The maximum atomic E-state index is 12.0. The van der Waals surface area contributed by atoms with Crippen molar-refractivity contribution in [1.82, 2.24) is 5.32 Å². The molecule has 1 rings (SSSR count). The molecule has 1 unspecified atom stereocenters. The molecule has 2 N–H and O–H groups in total. The van der Waals surface area contributed by atoms with E-state index in [-0.39, 0.29) is 21.4 Å². The Hall–Kier alpha value is -1.46. The van der Waals surface area contributed by atoms with Gasteiger partial charge in [-0.1, -0.05) is 36.5 Å². The van der Waals surface area contributed by atoms with E-state index in [1.165, 1.54) is 19.2 Å². The summed E-state index contributed by atoms with van der Waals surface area (Å²) < 4.78 is 4.98. The maximum absolute atomic E-state index is 12.0. The minimum atomic E-state index is -1.08. The third-order valence-electron chi connectivity index (χ3n) is 2.65. The third-order valence-corrected chi connectivity index (χ3v) is 3.21. The van der Waals surface area contributed by atoms with Gasteiger partial charge in [-0.15, -0.1) is 0 Å². The van der Waals surface area contributed by atoms with Crippen LogP contribution in [-0.2, 0) is 4.79 Å². The van der Waals surface area contributed by atoms with Gasteiger partial charge < -0.3 is 15.2 Å². The molecule has 0 saturated heterocycles. The van der Waals surface area contributed by atoms with Crippen molar-refractivity contribution < 1.29 is 19.4 Å². The van der Waals surface area contributed by atoms with Crippen LogP contribution in [0.25, 0.3) is 0 Å². The van der Waals surface area contributed by atoms with Crippen molar-refractivity contribution in [3.05, 3.63) is 27.7 Å². The number of hydrogen-bond acceptors (Lipinski definition) is 3. The number of carbonyl (C=O) groups is 2. The molecule has 0 bridgehead atoms. The van der Waals surface area contributed by atoms with Gasteiger partial charge in [-0.05, 0) is 18.6 Å². The van der Waals surface area contributed by atoms with Gasteiger partial charge >= 0.3 is 5.97 Å². The fourth-order valence-corrected chi connectivity index (χ4v) is 2.31. The molecule has 0 spiro atoms. The summed E-state index contributed by atoms with van der Waals surface area (Å²) in [6.45, 7) is 1.84. The van der Waals surface area contributed by atoms with E-state index >= 15 is 0 Å². The lowest BCUT2D eigenvalue weighted by Crippen LogP contribution is -2.40. The molecule has 0 radical (unpaired) electrons. The fraction of sp³-hybridized carbons (Fsp3) is 0.385. The summed E-state index contributed by atoms with van der Waals surface area (Å²) in [6.07, 6.45) is 0.986. The van der Waals surface area contributed by atoms with Crippen LogP contribution in [0.1, 0.15) is 30.1 Å². The topological polar surface area (TPSA) is 75.6 Å². The first-order chi connectivity index (χ1) is 9.40. The van der Waals surface area contributed by atoms with E-state index < -0.39 is 17.9 Å². The summed E-state index contributed by atoms with van der Waals surface area (Å²) in [5.41, 5.74) is 0.183. The molecule has 1 atom stereocenters. The van der Waals surface area contributed by atoms with Crippen molar-refractivity contribution in [2.75, 3.05) is 7.11 Å². The number of carboxylic acids is 1. The number of nitrogens with one attached hydrogen (secondary N) is 1. The molecular weight excluding hydrogens is 305 g/mol. The summed E-state index contributed by atoms with van der Waals surface area (Å²) in [5, 5.41) is 11.8. The van der Waals surface area contributed by atoms with Crippen molar-refractivity contribution in [1.29, 1.82) is 0 Å². The molecule has 0 aliphatic heterocycles. The Balaban J connectivity index is 2.95. The SMILES string of the molecule is CCCC(NC(=O)c1cc(Cl)c(OC)c(Cl)c1)C(=O)O. The molecule has 1 aromatic rings. The van der Waals surface area contributed by atoms with E-state index in [0.717, 1.165) is 0 Å². The van der Waals surface area contributed by atoms with Crippen molar-refractivity contribution >= 4 is 35.1 Å². The Bertz CT molecular complexity index is 496. The van der Waals surface area contributed by atoms with Gasteiger partial charge in [0.2, 0.25) is 0 Å². The largest absolute Gasteiger partial charge is 0.494 e. The van der Waals surface area contributed by atoms with Crippen LogP contribution in [0.2, 0.25) is 10.0 Å². The molecular formula is C13H15Cl2NO4. The van der Waals surface area contributed by atoms with Gasteiger partial charge in [-0.2, -0.15) is 0 Å². The van der Waals surface area contributed by atoms with Gasteiger partial charge in [-0.3, -0.25) is 4.79 Å². The first-order valence-corrected chi connectivity index (χ1v) is 6.73. The second-order valence-electron chi connectivity index (χ2n) is 4.13. The van der Waals surface area contributed by atoms with E-state index in [0.29, 0.717) is 12.8 Å². The molecule has 0 aromatic heterocycles. The molecule has 1 amide bonds. The van der Waals surface area contributed by atoms with Crippen LogP contribution in [-0.4, -0.2) is 30.1 Å². The lowest BCUT2D eigenvalue weighted by Gasteiger charge is -2.14. The zero-order valence-corrected chi connectivity index (χ0v) is 12.6. The van der Waals surface area contributed by atoms with Gasteiger partial charge in [0, 0.05) is 5.56 Å². The molecule has 1 aromatic carbocycles. The highest BCUT2D eigenvalue weighted by Crippen LogP contribution is 2.33. The molecule has 0 aliphatic carbocycles. The number of benzene rings is 1. The van der Waals surface area contributed by atoms with Crippen molar-refractivity contribution in [2.24, 2.45) is 0 Å². The number of amides is 1. The summed E-state index contributed by atoms with van der Waals surface area (Å²) in [6, 6.07) is 1.82. The number of hydrogen-bond donors (Lipinski definition) is 2. The zero-order valence-electron chi connectivity index (χ0n) is 11.1. The van der Waals surface area contributed by atoms with Gasteiger partial charge in [0.05, 0.1) is 17.2 Å². The molecule has 7 heteroatoms. The second-order valence-corrected chi connectivity index (χ2v) is 4.94. The molecule has 5 nitrogen and oxygen atoms in total. The summed E-state index contributed by atoms with van der Waals surface area (Å²) in [7, 11) is 1.41. The Labute approximate surface area is 126 Å². The highest BCUT2D eigenvalue weighted by Gasteiger charge is 2.21. The van der Waals surface area contributed by atoms with E-state index in [4.69, 9.17) is 33.0 Å². The predicted molar refractivity (Wildman–Crippen MR) is 76.8 cm³/mol. The zero-order chi connectivity index (χ0) is 15.3. The van der Waals surface area contributed by atoms with Crippen molar-refractivity contribution in [3.63, 3.8) is 0 Å². The average molecular weight is 320 g/mol. The lowest BCUT2D eigenvalue weighted by atomic mass is 10.1. The fourth-order valence-electron chi connectivity index (χ4n) is 1.67. The highest BCUT2D eigenvalue weighted by molar-refractivity contribution is 6.37. The molecule has 0 heterocycles. The van der Waals surface area contributed by atoms with Gasteiger partial charge in [0.25, 0.3) is 5.91 Å². The van der Waals surface area contributed by atoms with Crippen LogP contribution in [0, 0.1) is 0 Å². The van der Waals surface area contributed by atoms with Crippen LogP contribution in [0.15, 0.2) is 12.1 Å². The molecule has 20 heavy (non-hydrogen) atoms. The number of carbonyl (C=O) groups excluding carboxylic acids is 1. The van der Waals surface area contributed by atoms with Gasteiger partial charge in [0.15, 0.2) is 5.75 Å². The predicted octanol–water partition coefficient (Wildman–Crippen LogP) is 2.99. The minimum Gasteiger partial charge on any atom is -0.494 e. The van der Waals surface area contributed by atoms with Crippen LogP contribution in [0.5, 0.6) is 5.75 Å². The lowest BCUT2D eigenvalue weighted by molar-refractivity contribution is -0.139. The Morgan fingerprint density at radius 2 is 1.90 bits per heavy atom. The number of aliphatic carboxylic acids is 1. The van der Waals surface area contributed by atoms with Crippen LogP contribution < -0.4 is 10.1 Å². The Kier molecular flexibility index (Phi) is 6.10.